The van der Waals surface area contributed by atoms with Crippen molar-refractivity contribution < 1.29 is 27.1 Å². The van der Waals surface area contributed by atoms with Gasteiger partial charge in [0.15, 0.2) is 6.61 Å². The third-order valence-corrected chi connectivity index (χ3v) is 5.39. The summed E-state index contributed by atoms with van der Waals surface area (Å²) in [6, 6.07) is 4.87. The summed E-state index contributed by atoms with van der Waals surface area (Å²) in [4.78, 5) is 23.8. The monoisotopic (exact) mass is 328 g/mol. The van der Waals surface area contributed by atoms with E-state index in [1.54, 1.807) is 0 Å². The highest BCUT2D eigenvalue weighted by Crippen LogP contribution is 2.24. The molecule has 2 saturated heterocycles. The lowest BCUT2D eigenvalue weighted by Crippen LogP contribution is -2.62. The van der Waals surface area contributed by atoms with Crippen LogP contribution in [0.5, 0.6) is 0 Å². The number of benzene rings is 1. The molecule has 0 saturated carbocycles. The molecule has 0 atom stereocenters. The zero-order chi connectivity index (χ0) is 15.9. The number of nitrogens with zero attached hydrogens (tertiary/aromatic N) is 2. The average Bonchev–Trinajstić information content (AvgIpc) is 2.68. The SMILES string of the molecule is O=C1COC(=O)N1C1CN(S(=O)(=O)Cc2cccc(F)c2)C1. The highest BCUT2D eigenvalue weighted by Gasteiger charge is 2.46. The van der Waals surface area contributed by atoms with Gasteiger partial charge in [0.05, 0.1) is 11.8 Å². The van der Waals surface area contributed by atoms with E-state index in [9.17, 15) is 22.4 Å². The Morgan fingerprint density at radius 1 is 1.27 bits per heavy atom. The van der Waals surface area contributed by atoms with E-state index in [4.69, 9.17) is 0 Å². The summed E-state index contributed by atoms with van der Waals surface area (Å²) >= 11 is 0. The lowest BCUT2D eigenvalue weighted by molar-refractivity contribution is -0.128. The molecule has 7 nitrogen and oxygen atoms in total. The predicted molar refractivity (Wildman–Crippen MR) is 72.6 cm³/mol. The van der Waals surface area contributed by atoms with E-state index in [-0.39, 0.29) is 25.4 Å². The third kappa shape index (κ3) is 2.69. The van der Waals surface area contributed by atoms with Gasteiger partial charge >= 0.3 is 6.09 Å². The number of hydrogen-bond acceptors (Lipinski definition) is 5. The zero-order valence-electron chi connectivity index (χ0n) is 11.4. The maximum absolute atomic E-state index is 13.1. The molecule has 118 valence electrons. The van der Waals surface area contributed by atoms with E-state index in [2.05, 4.69) is 4.74 Å². The van der Waals surface area contributed by atoms with Crippen LogP contribution in [0.15, 0.2) is 24.3 Å². The summed E-state index contributed by atoms with van der Waals surface area (Å²) < 4.78 is 43.2. The van der Waals surface area contributed by atoms with Crippen molar-refractivity contribution in [3.8, 4) is 0 Å². The van der Waals surface area contributed by atoms with Gasteiger partial charge in [-0.25, -0.2) is 22.5 Å². The lowest BCUT2D eigenvalue weighted by atomic mass is 10.1. The first-order valence-electron chi connectivity index (χ1n) is 6.58. The molecule has 22 heavy (non-hydrogen) atoms. The van der Waals surface area contributed by atoms with Gasteiger partial charge in [-0.3, -0.25) is 4.79 Å². The van der Waals surface area contributed by atoms with Crippen LogP contribution in [0.4, 0.5) is 9.18 Å². The van der Waals surface area contributed by atoms with Gasteiger partial charge in [0.2, 0.25) is 10.0 Å². The van der Waals surface area contributed by atoms with Crippen molar-refractivity contribution in [3.63, 3.8) is 0 Å². The molecule has 0 aliphatic carbocycles. The summed E-state index contributed by atoms with van der Waals surface area (Å²) in [6.45, 7) is -0.220. The number of imide groups is 1. The molecule has 2 amide bonds. The quantitative estimate of drug-likeness (QED) is 0.795. The number of halogens is 1. The second kappa shape index (κ2) is 5.33. The van der Waals surface area contributed by atoms with Gasteiger partial charge in [-0.05, 0) is 17.7 Å². The molecule has 0 spiro atoms. The minimum atomic E-state index is -3.61. The van der Waals surface area contributed by atoms with E-state index in [0.29, 0.717) is 5.56 Å². The minimum Gasteiger partial charge on any atom is -0.439 e. The standard InChI is InChI=1S/C13H13FN2O5S/c14-10-3-1-2-9(4-10)8-22(19,20)15-5-11(6-15)16-12(17)7-21-13(16)18/h1-4,11H,5-8H2. The van der Waals surface area contributed by atoms with Crippen LogP contribution < -0.4 is 0 Å². The van der Waals surface area contributed by atoms with E-state index in [1.165, 1.54) is 22.5 Å². The number of ether oxygens (including phenoxy) is 1. The molecular formula is C13H13FN2O5S. The maximum Gasteiger partial charge on any atom is 0.417 e. The number of amides is 2. The third-order valence-electron chi connectivity index (χ3n) is 3.61. The van der Waals surface area contributed by atoms with Crippen molar-refractivity contribution in [2.24, 2.45) is 0 Å². The topological polar surface area (TPSA) is 84.0 Å². The smallest absolute Gasteiger partial charge is 0.417 e. The molecule has 2 heterocycles. The zero-order valence-corrected chi connectivity index (χ0v) is 12.3. The number of carbonyl (C=O) groups is 2. The van der Waals surface area contributed by atoms with Crippen molar-refractivity contribution in [1.29, 1.82) is 0 Å². The van der Waals surface area contributed by atoms with E-state index >= 15 is 0 Å². The van der Waals surface area contributed by atoms with E-state index in [1.807, 2.05) is 0 Å². The molecule has 9 heteroatoms. The Morgan fingerprint density at radius 3 is 2.59 bits per heavy atom. The Kier molecular flexibility index (Phi) is 3.61. The van der Waals surface area contributed by atoms with Crippen LogP contribution in [0.3, 0.4) is 0 Å². The van der Waals surface area contributed by atoms with Gasteiger partial charge in [0.1, 0.15) is 5.82 Å². The second-order valence-corrected chi connectivity index (χ2v) is 7.14. The maximum atomic E-state index is 13.1. The minimum absolute atomic E-state index is 0.0402. The summed E-state index contributed by atoms with van der Waals surface area (Å²) in [5.41, 5.74) is 0.347. The van der Waals surface area contributed by atoms with Gasteiger partial charge in [-0.15, -0.1) is 0 Å². The predicted octanol–water partition coefficient (Wildman–Crippen LogP) is 0.318. The van der Waals surface area contributed by atoms with Crippen molar-refractivity contribution in [3.05, 3.63) is 35.6 Å². The molecule has 0 N–H and O–H groups in total. The normalized spacial score (nSPS) is 20.1. The molecule has 0 aromatic heterocycles. The van der Waals surface area contributed by atoms with Crippen molar-refractivity contribution >= 4 is 22.0 Å². The largest absolute Gasteiger partial charge is 0.439 e. The fourth-order valence-electron chi connectivity index (χ4n) is 2.45. The second-order valence-electron chi connectivity index (χ2n) is 5.18. The molecule has 2 aliphatic heterocycles. The van der Waals surface area contributed by atoms with Crippen LogP contribution in [0.1, 0.15) is 5.56 Å². The first-order valence-corrected chi connectivity index (χ1v) is 8.19. The van der Waals surface area contributed by atoms with Gasteiger partial charge in [-0.2, -0.15) is 4.31 Å². The summed E-state index contributed by atoms with van der Waals surface area (Å²) in [6.07, 6.45) is -0.739. The van der Waals surface area contributed by atoms with Gasteiger partial charge < -0.3 is 4.74 Å². The fourth-order valence-corrected chi connectivity index (χ4v) is 4.03. The molecule has 2 aliphatic rings. The molecule has 1 aromatic carbocycles. The molecule has 0 unspecified atom stereocenters. The fraction of sp³-hybridized carbons (Fsp3) is 0.385. The van der Waals surface area contributed by atoms with Crippen LogP contribution in [-0.4, -0.2) is 55.4 Å². The Labute approximate surface area is 126 Å². The van der Waals surface area contributed by atoms with Crippen LogP contribution >= 0.6 is 0 Å². The Balaban J connectivity index is 1.64. The number of sulfonamides is 1. The highest BCUT2D eigenvalue weighted by atomic mass is 32.2. The molecule has 2 fully saturated rings. The molecule has 0 radical (unpaired) electrons. The van der Waals surface area contributed by atoms with Crippen LogP contribution in [0, 0.1) is 5.82 Å². The number of cyclic esters (lactones) is 1. The van der Waals surface area contributed by atoms with Crippen LogP contribution in [0.2, 0.25) is 0 Å². The van der Waals surface area contributed by atoms with Gasteiger partial charge in [-0.1, -0.05) is 12.1 Å². The Hall–Kier alpha value is -2.00. The molecular weight excluding hydrogens is 315 g/mol. The Bertz CT molecular complexity index is 714. The van der Waals surface area contributed by atoms with E-state index in [0.717, 1.165) is 11.0 Å². The number of carbonyl (C=O) groups excluding carboxylic acids is 2. The van der Waals surface area contributed by atoms with Crippen LogP contribution in [0.25, 0.3) is 0 Å². The lowest BCUT2D eigenvalue weighted by Gasteiger charge is -2.40. The first-order chi connectivity index (χ1) is 10.4. The Morgan fingerprint density at radius 2 is 2.00 bits per heavy atom. The van der Waals surface area contributed by atoms with E-state index < -0.39 is 33.9 Å². The molecule has 0 bridgehead atoms. The molecule has 3 rings (SSSR count). The van der Waals surface area contributed by atoms with Gasteiger partial charge in [0.25, 0.3) is 5.91 Å². The average molecular weight is 328 g/mol. The summed E-state index contributed by atoms with van der Waals surface area (Å²) in [5, 5.41) is 0. The first kappa shape index (κ1) is 14.9. The van der Waals surface area contributed by atoms with Crippen LogP contribution in [-0.2, 0) is 25.3 Å². The molecule has 1 aromatic rings. The highest BCUT2D eigenvalue weighted by molar-refractivity contribution is 7.88. The summed E-state index contributed by atoms with van der Waals surface area (Å²) in [5.74, 6) is -1.28. The van der Waals surface area contributed by atoms with Crippen molar-refractivity contribution in [2.75, 3.05) is 19.7 Å². The van der Waals surface area contributed by atoms with Crippen molar-refractivity contribution in [2.45, 2.75) is 11.8 Å². The summed E-state index contributed by atoms with van der Waals surface area (Å²) in [7, 11) is -3.61. The number of rotatable bonds is 4. The van der Waals surface area contributed by atoms with Crippen molar-refractivity contribution in [1.82, 2.24) is 9.21 Å². The number of hydrogen-bond donors (Lipinski definition) is 0. The van der Waals surface area contributed by atoms with Gasteiger partial charge in [0, 0.05) is 13.1 Å².